The number of nitrogens with zero attached hydrogens (tertiary/aromatic N) is 3. The number of benzene rings is 1. The maximum absolute atomic E-state index is 12.9. The molecule has 0 aliphatic carbocycles. The first-order valence-electron chi connectivity index (χ1n) is 8.83. The Morgan fingerprint density at radius 2 is 1.92 bits per heavy atom. The van der Waals surface area contributed by atoms with Crippen molar-refractivity contribution in [1.29, 1.82) is 0 Å². The van der Waals surface area contributed by atoms with Crippen LogP contribution in [0.4, 0.5) is 0 Å². The first kappa shape index (κ1) is 17.2. The van der Waals surface area contributed by atoms with Crippen LogP contribution < -0.4 is 5.32 Å². The molecule has 2 heterocycles. The third kappa shape index (κ3) is 4.26. The summed E-state index contributed by atoms with van der Waals surface area (Å²) < 4.78 is 1.70. The van der Waals surface area contributed by atoms with Gasteiger partial charge in [-0.05, 0) is 25.3 Å². The van der Waals surface area contributed by atoms with E-state index in [0.717, 1.165) is 31.5 Å². The zero-order valence-electron chi connectivity index (χ0n) is 14.5. The first-order chi connectivity index (χ1) is 12.2. The maximum atomic E-state index is 12.9. The Morgan fingerprint density at radius 1 is 1.20 bits per heavy atom. The topological polar surface area (TPSA) is 67.2 Å². The first-order valence-corrected chi connectivity index (χ1v) is 8.83. The average Bonchev–Trinajstić information content (AvgIpc) is 3.33. The standard InChI is InChI=1S/C19H24N4O2/c1-2-23-14-16(13-20-23)18(24)21-17(12-15-8-4-3-5-9-15)19(25)22-10-6-7-11-22/h3-5,8-9,13-14,17H,2,6-7,10-12H2,1H3,(H,21,24). The van der Waals surface area contributed by atoms with Crippen molar-refractivity contribution in [2.24, 2.45) is 0 Å². The Kier molecular flexibility index (Phi) is 5.48. The predicted octanol–water partition coefficient (Wildman–Crippen LogP) is 1.87. The van der Waals surface area contributed by atoms with Crippen molar-refractivity contribution in [2.75, 3.05) is 13.1 Å². The van der Waals surface area contributed by atoms with Crippen molar-refractivity contribution in [3.63, 3.8) is 0 Å². The lowest BCUT2D eigenvalue weighted by Crippen LogP contribution is -2.48. The molecule has 1 aromatic carbocycles. The van der Waals surface area contributed by atoms with Gasteiger partial charge >= 0.3 is 0 Å². The van der Waals surface area contributed by atoms with Gasteiger partial charge < -0.3 is 10.2 Å². The molecule has 25 heavy (non-hydrogen) atoms. The molecule has 2 amide bonds. The molecule has 1 aliphatic rings. The third-order valence-corrected chi connectivity index (χ3v) is 4.52. The number of amides is 2. The molecule has 2 aromatic rings. The van der Waals surface area contributed by atoms with E-state index in [9.17, 15) is 9.59 Å². The number of aryl methyl sites for hydroxylation is 1. The largest absolute Gasteiger partial charge is 0.341 e. The molecule has 6 nitrogen and oxygen atoms in total. The van der Waals surface area contributed by atoms with Crippen LogP contribution in [0.25, 0.3) is 0 Å². The summed E-state index contributed by atoms with van der Waals surface area (Å²) in [4.78, 5) is 27.3. The quantitative estimate of drug-likeness (QED) is 0.873. The summed E-state index contributed by atoms with van der Waals surface area (Å²) in [5.41, 5.74) is 1.51. The molecule has 132 valence electrons. The number of likely N-dealkylation sites (tertiary alicyclic amines) is 1. The Morgan fingerprint density at radius 3 is 2.56 bits per heavy atom. The van der Waals surface area contributed by atoms with Gasteiger partial charge in [-0.2, -0.15) is 5.10 Å². The van der Waals surface area contributed by atoms with Gasteiger partial charge in [0.2, 0.25) is 5.91 Å². The number of carbonyl (C=O) groups excluding carboxylic acids is 2. The van der Waals surface area contributed by atoms with Crippen LogP contribution >= 0.6 is 0 Å². The van der Waals surface area contributed by atoms with E-state index in [1.54, 1.807) is 17.1 Å². The molecule has 0 saturated carbocycles. The van der Waals surface area contributed by atoms with Crippen LogP contribution in [0.5, 0.6) is 0 Å². The molecule has 1 saturated heterocycles. The molecule has 1 aromatic heterocycles. The molecule has 0 radical (unpaired) electrons. The fourth-order valence-electron chi connectivity index (χ4n) is 3.10. The molecule has 1 atom stereocenters. The molecule has 0 spiro atoms. The molecule has 1 fully saturated rings. The van der Waals surface area contributed by atoms with E-state index >= 15 is 0 Å². The van der Waals surface area contributed by atoms with E-state index in [1.165, 1.54) is 0 Å². The minimum atomic E-state index is -0.557. The van der Waals surface area contributed by atoms with Crippen molar-refractivity contribution >= 4 is 11.8 Å². The highest BCUT2D eigenvalue weighted by Crippen LogP contribution is 2.13. The van der Waals surface area contributed by atoms with Gasteiger partial charge in [0.15, 0.2) is 0 Å². The van der Waals surface area contributed by atoms with Crippen molar-refractivity contribution in [3.05, 3.63) is 53.9 Å². The van der Waals surface area contributed by atoms with Crippen molar-refractivity contribution < 1.29 is 9.59 Å². The van der Waals surface area contributed by atoms with Gasteiger partial charge in [-0.1, -0.05) is 30.3 Å². The fraction of sp³-hybridized carbons (Fsp3) is 0.421. The molecule has 1 N–H and O–H groups in total. The number of rotatable bonds is 6. The molecule has 3 rings (SSSR count). The van der Waals surface area contributed by atoms with Gasteiger partial charge in [-0.25, -0.2) is 0 Å². The van der Waals surface area contributed by atoms with Crippen molar-refractivity contribution in [3.8, 4) is 0 Å². The van der Waals surface area contributed by atoms with Crippen LogP contribution in [0.3, 0.4) is 0 Å². The van der Waals surface area contributed by atoms with E-state index in [4.69, 9.17) is 0 Å². The number of hydrogen-bond donors (Lipinski definition) is 1. The highest BCUT2D eigenvalue weighted by molar-refractivity contribution is 5.97. The normalized spacial score (nSPS) is 15.2. The highest BCUT2D eigenvalue weighted by atomic mass is 16.2. The van der Waals surface area contributed by atoms with Crippen LogP contribution in [0.1, 0.15) is 35.7 Å². The van der Waals surface area contributed by atoms with Gasteiger partial charge in [0.25, 0.3) is 5.91 Å². The fourth-order valence-corrected chi connectivity index (χ4v) is 3.10. The second-order valence-corrected chi connectivity index (χ2v) is 6.33. The summed E-state index contributed by atoms with van der Waals surface area (Å²) in [5, 5.41) is 7.04. The van der Waals surface area contributed by atoms with Crippen LogP contribution in [0.15, 0.2) is 42.7 Å². The lowest BCUT2D eigenvalue weighted by Gasteiger charge is -2.24. The van der Waals surface area contributed by atoms with Crippen LogP contribution in [0.2, 0.25) is 0 Å². The van der Waals surface area contributed by atoms with E-state index in [2.05, 4.69) is 10.4 Å². The monoisotopic (exact) mass is 340 g/mol. The minimum absolute atomic E-state index is 0.00223. The predicted molar refractivity (Wildman–Crippen MR) is 95.1 cm³/mol. The second kappa shape index (κ2) is 7.96. The average molecular weight is 340 g/mol. The lowest BCUT2D eigenvalue weighted by atomic mass is 10.0. The summed E-state index contributed by atoms with van der Waals surface area (Å²) in [6.45, 7) is 4.21. The van der Waals surface area contributed by atoms with Gasteiger partial charge in [0.05, 0.1) is 11.8 Å². The van der Waals surface area contributed by atoms with Crippen LogP contribution in [-0.4, -0.2) is 45.6 Å². The molecule has 1 aliphatic heterocycles. The molecule has 1 unspecified atom stereocenters. The van der Waals surface area contributed by atoms with E-state index < -0.39 is 6.04 Å². The highest BCUT2D eigenvalue weighted by Gasteiger charge is 2.28. The van der Waals surface area contributed by atoms with Gasteiger partial charge in [0, 0.05) is 32.3 Å². The Labute approximate surface area is 147 Å². The molecule has 6 heteroatoms. The zero-order chi connectivity index (χ0) is 17.6. The van der Waals surface area contributed by atoms with Gasteiger partial charge in [0.1, 0.15) is 6.04 Å². The van der Waals surface area contributed by atoms with Crippen LogP contribution in [0, 0.1) is 0 Å². The lowest BCUT2D eigenvalue weighted by molar-refractivity contribution is -0.132. The Hall–Kier alpha value is -2.63. The number of hydrogen-bond acceptors (Lipinski definition) is 3. The maximum Gasteiger partial charge on any atom is 0.255 e. The summed E-state index contributed by atoms with van der Waals surface area (Å²) in [5.74, 6) is -0.259. The third-order valence-electron chi connectivity index (χ3n) is 4.52. The Bertz CT molecular complexity index is 720. The smallest absolute Gasteiger partial charge is 0.255 e. The van der Waals surface area contributed by atoms with E-state index in [1.807, 2.05) is 42.2 Å². The molecular weight excluding hydrogens is 316 g/mol. The van der Waals surface area contributed by atoms with Crippen molar-refractivity contribution in [2.45, 2.75) is 38.8 Å². The van der Waals surface area contributed by atoms with E-state index in [-0.39, 0.29) is 11.8 Å². The molecular formula is C19H24N4O2. The SMILES string of the molecule is CCn1cc(C(=O)NC(Cc2ccccc2)C(=O)N2CCCC2)cn1. The molecule has 0 bridgehead atoms. The number of nitrogens with one attached hydrogen (secondary N) is 1. The Balaban J connectivity index is 1.75. The minimum Gasteiger partial charge on any atom is -0.341 e. The summed E-state index contributed by atoms with van der Waals surface area (Å²) >= 11 is 0. The summed E-state index contributed by atoms with van der Waals surface area (Å²) in [6.07, 6.45) is 5.79. The van der Waals surface area contributed by atoms with Crippen LogP contribution in [-0.2, 0) is 17.8 Å². The van der Waals surface area contributed by atoms with Crippen molar-refractivity contribution in [1.82, 2.24) is 20.0 Å². The van der Waals surface area contributed by atoms with Gasteiger partial charge in [-0.3, -0.25) is 14.3 Å². The number of carbonyl (C=O) groups is 2. The van der Waals surface area contributed by atoms with Gasteiger partial charge in [-0.15, -0.1) is 0 Å². The number of aromatic nitrogens is 2. The summed E-state index contributed by atoms with van der Waals surface area (Å²) in [6, 6.07) is 9.23. The zero-order valence-corrected chi connectivity index (χ0v) is 14.5. The second-order valence-electron chi connectivity index (χ2n) is 6.33. The van der Waals surface area contributed by atoms with E-state index in [0.29, 0.717) is 18.5 Å². The summed E-state index contributed by atoms with van der Waals surface area (Å²) in [7, 11) is 0.